The Bertz CT molecular complexity index is 553. The highest BCUT2D eigenvalue weighted by molar-refractivity contribution is 5.94. The van der Waals surface area contributed by atoms with Crippen molar-refractivity contribution in [1.82, 2.24) is 5.32 Å². The molecular formula is C12H10F2N2O3. The molecule has 1 aromatic carbocycles. The van der Waals surface area contributed by atoms with Crippen LogP contribution in [0.3, 0.4) is 0 Å². The number of carbonyl (C=O) groups excluding carboxylic acids is 1. The maximum absolute atomic E-state index is 13.5. The molecule has 1 N–H and O–H groups in total. The zero-order valence-corrected chi connectivity index (χ0v) is 9.78. The first-order valence-electron chi connectivity index (χ1n) is 5.32. The van der Waals surface area contributed by atoms with Gasteiger partial charge in [-0.05, 0) is 12.5 Å². The van der Waals surface area contributed by atoms with Crippen molar-refractivity contribution >= 4 is 11.6 Å². The predicted octanol–water partition coefficient (Wildman–Crippen LogP) is 2.02. The molecule has 5 nitrogen and oxygen atoms in total. The molecule has 0 saturated heterocycles. The van der Waals surface area contributed by atoms with Gasteiger partial charge in [0.25, 0.3) is 5.91 Å². The van der Waals surface area contributed by atoms with E-state index < -0.39 is 33.7 Å². The van der Waals surface area contributed by atoms with Crippen LogP contribution in [-0.4, -0.2) is 17.4 Å². The molecule has 0 unspecified atom stereocenters. The number of halogens is 2. The second kappa shape index (κ2) is 6.44. The SMILES string of the molecule is C#CCCCNC(=O)c1cc(F)c([N+](=O)[O-])cc1F. The van der Waals surface area contributed by atoms with Gasteiger partial charge >= 0.3 is 5.69 Å². The van der Waals surface area contributed by atoms with Crippen LogP contribution in [0.15, 0.2) is 12.1 Å². The molecule has 1 amide bonds. The minimum Gasteiger partial charge on any atom is -0.352 e. The number of nitro groups is 1. The highest BCUT2D eigenvalue weighted by Gasteiger charge is 2.21. The van der Waals surface area contributed by atoms with Crippen molar-refractivity contribution in [3.05, 3.63) is 39.4 Å². The van der Waals surface area contributed by atoms with Gasteiger partial charge < -0.3 is 5.32 Å². The van der Waals surface area contributed by atoms with E-state index in [1.165, 1.54) is 0 Å². The van der Waals surface area contributed by atoms with Gasteiger partial charge in [-0.3, -0.25) is 14.9 Å². The van der Waals surface area contributed by atoms with Crippen LogP contribution in [0.5, 0.6) is 0 Å². The Kier molecular flexibility index (Phi) is 4.94. The molecule has 0 aromatic heterocycles. The molecule has 0 saturated carbocycles. The number of nitrogens with zero attached hydrogens (tertiary/aromatic N) is 1. The van der Waals surface area contributed by atoms with Gasteiger partial charge in [0.15, 0.2) is 0 Å². The van der Waals surface area contributed by atoms with Crippen LogP contribution < -0.4 is 5.32 Å². The topological polar surface area (TPSA) is 72.2 Å². The average molecular weight is 268 g/mol. The Morgan fingerprint density at radius 2 is 2.11 bits per heavy atom. The number of rotatable bonds is 5. The monoisotopic (exact) mass is 268 g/mol. The standard InChI is InChI=1S/C12H10F2N2O3/c1-2-3-4-5-15-12(17)8-6-10(14)11(16(18)19)7-9(8)13/h1,6-7H,3-5H2,(H,15,17). The lowest BCUT2D eigenvalue weighted by atomic mass is 10.1. The van der Waals surface area contributed by atoms with Gasteiger partial charge in [-0.15, -0.1) is 12.3 Å². The van der Waals surface area contributed by atoms with Crippen LogP contribution in [0.25, 0.3) is 0 Å². The molecule has 19 heavy (non-hydrogen) atoms. The largest absolute Gasteiger partial charge is 0.352 e. The fourth-order valence-electron chi connectivity index (χ4n) is 1.34. The number of unbranched alkanes of at least 4 members (excludes halogenated alkanes) is 1. The third-order valence-electron chi connectivity index (χ3n) is 2.26. The van der Waals surface area contributed by atoms with Crippen molar-refractivity contribution in [3.63, 3.8) is 0 Å². The van der Waals surface area contributed by atoms with Crippen LogP contribution >= 0.6 is 0 Å². The summed E-state index contributed by atoms with van der Waals surface area (Å²) < 4.78 is 26.7. The number of terminal acetylenes is 1. The number of hydrogen-bond donors (Lipinski definition) is 1. The number of hydrogen-bond acceptors (Lipinski definition) is 3. The van der Waals surface area contributed by atoms with E-state index >= 15 is 0 Å². The summed E-state index contributed by atoms with van der Waals surface area (Å²) in [6.45, 7) is 0.209. The molecular weight excluding hydrogens is 258 g/mol. The summed E-state index contributed by atoms with van der Waals surface area (Å²) in [7, 11) is 0. The summed E-state index contributed by atoms with van der Waals surface area (Å²) in [5, 5.41) is 12.7. The van der Waals surface area contributed by atoms with Crippen LogP contribution in [0.2, 0.25) is 0 Å². The zero-order valence-electron chi connectivity index (χ0n) is 9.78. The van der Waals surface area contributed by atoms with Gasteiger partial charge in [0.2, 0.25) is 5.82 Å². The molecule has 0 radical (unpaired) electrons. The van der Waals surface area contributed by atoms with Crippen molar-refractivity contribution in [2.24, 2.45) is 0 Å². The Labute approximate surface area is 107 Å². The van der Waals surface area contributed by atoms with E-state index in [0.29, 0.717) is 25.0 Å². The number of carbonyl (C=O) groups is 1. The molecule has 0 fully saturated rings. The molecule has 7 heteroatoms. The van der Waals surface area contributed by atoms with E-state index in [-0.39, 0.29) is 6.54 Å². The second-order valence-corrected chi connectivity index (χ2v) is 3.60. The molecule has 1 rings (SSSR count). The number of benzene rings is 1. The molecule has 100 valence electrons. The molecule has 0 aliphatic carbocycles. The number of nitrogens with one attached hydrogen (secondary N) is 1. The smallest absolute Gasteiger partial charge is 0.307 e. The van der Waals surface area contributed by atoms with Gasteiger partial charge in [0, 0.05) is 13.0 Å². The predicted molar refractivity (Wildman–Crippen MR) is 63.4 cm³/mol. The van der Waals surface area contributed by atoms with Crippen molar-refractivity contribution in [1.29, 1.82) is 0 Å². The first-order chi connectivity index (χ1) is 8.97. The van der Waals surface area contributed by atoms with E-state index in [9.17, 15) is 23.7 Å². The summed E-state index contributed by atoms with van der Waals surface area (Å²) in [5.74, 6) is -0.897. The Balaban J connectivity index is 2.84. The van der Waals surface area contributed by atoms with E-state index in [1.807, 2.05) is 0 Å². The molecule has 1 aromatic rings. The molecule has 0 atom stereocenters. The Morgan fingerprint density at radius 3 is 2.68 bits per heavy atom. The molecule has 0 bridgehead atoms. The Morgan fingerprint density at radius 1 is 1.42 bits per heavy atom. The zero-order chi connectivity index (χ0) is 14.4. The highest BCUT2D eigenvalue weighted by Crippen LogP contribution is 2.21. The minimum absolute atomic E-state index is 0.209. The van der Waals surface area contributed by atoms with Crippen molar-refractivity contribution < 1.29 is 18.5 Å². The second-order valence-electron chi connectivity index (χ2n) is 3.60. The lowest BCUT2D eigenvalue weighted by molar-refractivity contribution is -0.387. The van der Waals surface area contributed by atoms with Crippen LogP contribution in [-0.2, 0) is 0 Å². The van der Waals surface area contributed by atoms with E-state index in [1.54, 1.807) is 0 Å². The third-order valence-corrected chi connectivity index (χ3v) is 2.26. The number of amides is 1. The molecule has 0 heterocycles. The summed E-state index contributed by atoms with van der Waals surface area (Å²) in [6.07, 6.45) is 5.95. The first-order valence-corrected chi connectivity index (χ1v) is 5.32. The van der Waals surface area contributed by atoms with E-state index in [0.717, 1.165) is 0 Å². The van der Waals surface area contributed by atoms with Crippen LogP contribution in [0.4, 0.5) is 14.5 Å². The molecule has 0 aliphatic heterocycles. The lowest BCUT2D eigenvalue weighted by Crippen LogP contribution is -2.25. The van der Waals surface area contributed by atoms with Crippen molar-refractivity contribution in [3.8, 4) is 12.3 Å². The first kappa shape index (κ1) is 14.6. The summed E-state index contributed by atoms with van der Waals surface area (Å²) >= 11 is 0. The normalized spacial score (nSPS) is 9.74. The van der Waals surface area contributed by atoms with Crippen LogP contribution in [0.1, 0.15) is 23.2 Å². The fourth-order valence-corrected chi connectivity index (χ4v) is 1.34. The maximum atomic E-state index is 13.5. The maximum Gasteiger partial charge on any atom is 0.307 e. The summed E-state index contributed by atoms with van der Waals surface area (Å²) in [4.78, 5) is 20.8. The van der Waals surface area contributed by atoms with Gasteiger partial charge in [-0.2, -0.15) is 4.39 Å². The van der Waals surface area contributed by atoms with Gasteiger partial charge in [0.05, 0.1) is 16.6 Å². The van der Waals surface area contributed by atoms with Gasteiger partial charge in [-0.25, -0.2) is 4.39 Å². The van der Waals surface area contributed by atoms with Gasteiger partial charge in [-0.1, -0.05) is 0 Å². The summed E-state index contributed by atoms with van der Waals surface area (Å²) in [6, 6.07) is 0.885. The highest BCUT2D eigenvalue weighted by atomic mass is 19.1. The van der Waals surface area contributed by atoms with Crippen LogP contribution in [0, 0.1) is 34.1 Å². The summed E-state index contributed by atoms with van der Waals surface area (Å²) in [5.41, 5.74) is -1.59. The molecule has 0 aliphatic rings. The Hall–Kier alpha value is -2.49. The average Bonchev–Trinajstić information content (AvgIpc) is 2.36. The third kappa shape index (κ3) is 3.74. The van der Waals surface area contributed by atoms with E-state index in [2.05, 4.69) is 11.2 Å². The number of nitro benzene ring substituents is 1. The lowest BCUT2D eigenvalue weighted by Gasteiger charge is -2.05. The molecule has 0 spiro atoms. The van der Waals surface area contributed by atoms with Crippen molar-refractivity contribution in [2.45, 2.75) is 12.8 Å². The van der Waals surface area contributed by atoms with Gasteiger partial charge in [0.1, 0.15) is 5.82 Å². The van der Waals surface area contributed by atoms with Crippen molar-refractivity contribution in [2.75, 3.05) is 6.54 Å². The quantitative estimate of drug-likeness (QED) is 0.384. The van der Waals surface area contributed by atoms with E-state index in [4.69, 9.17) is 6.42 Å². The minimum atomic E-state index is -1.26. The fraction of sp³-hybridized carbons (Fsp3) is 0.250.